The predicted octanol–water partition coefficient (Wildman–Crippen LogP) is 3.94. The number of anilines is 1. The van der Waals surface area contributed by atoms with Crippen LogP contribution in [0.2, 0.25) is 0 Å². The molecule has 3 unspecified atom stereocenters. The minimum Gasteiger partial charge on any atom is -0.496 e. The van der Waals surface area contributed by atoms with Crippen LogP contribution in [0.1, 0.15) is 35.8 Å². The zero-order valence-corrected chi connectivity index (χ0v) is 16.6. The summed E-state index contributed by atoms with van der Waals surface area (Å²) in [7, 11) is 1.72. The van der Waals surface area contributed by atoms with Gasteiger partial charge in [-0.3, -0.25) is 14.9 Å². The normalized spacial score (nSPS) is 24.6. The van der Waals surface area contributed by atoms with Gasteiger partial charge in [-0.15, -0.1) is 0 Å². The third-order valence-corrected chi connectivity index (χ3v) is 5.82. The van der Waals surface area contributed by atoms with Crippen molar-refractivity contribution in [3.63, 3.8) is 0 Å². The number of methoxy groups -OCH3 is 1. The molecule has 1 aromatic carbocycles. The lowest BCUT2D eigenvalue weighted by Crippen LogP contribution is -2.39. The third kappa shape index (κ3) is 3.94. The predicted molar refractivity (Wildman–Crippen MR) is 114 cm³/mol. The van der Waals surface area contributed by atoms with E-state index in [4.69, 9.17) is 15.5 Å². The molecule has 2 aromatic rings. The second-order valence-electron chi connectivity index (χ2n) is 7.72. The fourth-order valence-corrected chi connectivity index (χ4v) is 4.40. The van der Waals surface area contributed by atoms with Gasteiger partial charge in [0.15, 0.2) is 0 Å². The maximum atomic E-state index is 6.00. The van der Waals surface area contributed by atoms with Gasteiger partial charge in [-0.1, -0.05) is 18.2 Å². The lowest BCUT2D eigenvalue weighted by atomic mass is 9.82. The first-order valence-corrected chi connectivity index (χ1v) is 9.94. The number of benzene rings is 1. The van der Waals surface area contributed by atoms with Crippen LogP contribution in [0, 0.1) is 12.8 Å². The molecule has 5 nitrogen and oxygen atoms in total. The Kier molecular flexibility index (Phi) is 5.44. The van der Waals surface area contributed by atoms with E-state index in [1.54, 1.807) is 7.11 Å². The van der Waals surface area contributed by atoms with E-state index < -0.39 is 0 Å². The highest BCUT2D eigenvalue weighted by Crippen LogP contribution is 2.41. The molecule has 0 bridgehead atoms. The first kappa shape index (κ1) is 18.7. The molecule has 3 atom stereocenters. The van der Waals surface area contributed by atoms with Crippen LogP contribution in [0.5, 0.6) is 5.75 Å². The summed E-state index contributed by atoms with van der Waals surface area (Å²) in [5, 5.41) is 0. The van der Waals surface area contributed by atoms with Crippen molar-refractivity contribution in [3.05, 3.63) is 65.5 Å². The van der Waals surface area contributed by atoms with Gasteiger partial charge in [-0.05, 0) is 56.5 Å². The van der Waals surface area contributed by atoms with Crippen LogP contribution >= 0.6 is 0 Å². The second kappa shape index (κ2) is 8.15. The topological polar surface area (TPSA) is 63.7 Å². The molecular formula is C23H28N4O. The minimum absolute atomic E-state index is 0.251. The van der Waals surface area contributed by atoms with Crippen LogP contribution in [-0.4, -0.2) is 35.8 Å². The van der Waals surface area contributed by atoms with Gasteiger partial charge in [-0.25, -0.2) is 0 Å². The van der Waals surface area contributed by atoms with E-state index in [0.717, 1.165) is 48.8 Å². The van der Waals surface area contributed by atoms with Crippen molar-refractivity contribution in [2.75, 3.05) is 19.4 Å². The van der Waals surface area contributed by atoms with Gasteiger partial charge in [-0.2, -0.15) is 0 Å². The van der Waals surface area contributed by atoms with E-state index in [1.165, 1.54) is 5.56 Å². The molecule has 2 N–H and O–H groups in total. The Morgan fingerprint density at radius 3 is 2.89 bits per heavy atom. The Bertz CT molecular complexity index is 880. The fourth-order valence-electron chi connectivity index (χ4n) is 4.40. The van der Waals surface area contributed by atoms with Crippen molar-refractivity contribution in [3.8, 4) is 5.75 Å². The van der Waals surface area contributed by atoms with Crippen LogP contribution < -0.4 is 10.5 Å². The van der Waals surface area contributed by atoms with Crippen LogP contribution in [0.4, 0.5) is 5.69 Å². The lowest BCUT2D eigenvalue weighted by molar-refractivity contribution is 0.0968. The average molecular weight is 377 g/mol. The van der Waals surface area contributed by atoms with E-state index in [0.29, 0.717) is 12.0 Å². The monoisotopic (exact) mass is 376 g/mol. The molecule has 0 radical (unpaired) electrons. The van der Waals surface area contributed by atoms with Gasteiger partial charge in [0.2, 0.25) is 0 Å². The van der Waals surface area contributed by atoms with E-state index in [2.05, 4.69) is 40.2 Å². The maximum absolute atomic E-state index is 6.00. The van der Waals surface area contributed by atoms with Gasteiger partial charge in [0.25, 0.3) is 0 Å². The molecule has 146 valence electrons. The van der Waals surface area contributed by atoms with E-state index in [-0.39, 0.29) is 6.04 Å². The number of hydrogen-bond donors (Lipinski definition) is 1. The summed E-state index contributed by atoms with van der Waals surface area (Å²) in [5.41, 5.74) is 10.1. The number of nitrogen functional groups attached to an aromatic ring is 1. The molecule has 0 aliphatic carbocycles. The number of likely N-dealkylation sites (tertiary alicyclic amines) is 1. The number of aryl methyl sites for hydroxylation is 1. The first-order valence-electron chi connectivity index (χ1n) is 9.94. The van der Waals surface area contributed by atoms with Gasteiger partial charge in [0, 0.05) is 41.8 Å². The van der Waals surface area contributed by atoms with Crippen molar-refractivity contribution in [2.45, 2.75) is 38.4 Å². The quantitative estimate of drug-likeness (QED) is 0.803. The lowest BCUT2D eigenvalue weighted by Gasteiger charge is -2.41. The van der Waals surface area contributed by atoms with E-state index >= 15 is 0 Å². The smallest absolute Gasteiger partial charge is 0.125 e. The van der Waals surface area contributed by atoms with E-state index in [1.807, 2.05) is 31.3 Å². The molecule has 1 fully saturated rings. The van der Waals surface area contributed by atoms with Gasteiger partial charge in [0.05, 0.1) is 18.8 Å². The number of aromatic nitrogens is 1. The fraction of sp³-hybridized carbons (Fsp3) is 0.391. The summed E-state index contributed by atoms with van der Waals surface area (Å²) >= 11 is 0. The Hall–Kier alpha value is -2.66. The number of hydrogen-bond acceptors (Lipinski definition) is 5. The summed E-state index contributed by atoms with van der Waals surface area (Å²) in [6.45, 7) is 3.88. The van der Waals surface area contributed by atoms with Crippen molar-refractivity contribution in [1.29, 1.82) is 0 Å². The highest BCUT2D eigenvalue weighted by atomic mass is 16.5. The third-order valence-electron chi connectivity index (χ3n) is 5.82. The summed E-state index contributed by atoms with van der Waals surface area (Å²) in [6.07, 6.45) is 8.38. The van der Waals surface area contributed by atoms with E-state index in [9.17, 15) is 0 Å². The highest BCUT2D eigenvalue weighted by molar-refractivity contribution is 5.74. The number of pyridine rings is 1. The Morgan fingerprint density at radius 1 is 1.25 bits per heavy atom. The largest absolute Gasteiger partial charge is 0.496 e. The van der Waals surface area contributed by atoms with Crippen LogP contribution in [0.25, 0.3) is 0 Å². The Morgan fingerprint density at radius 2 is 2.14 bits per heavy atom. The molecule has 2 aliphatic heterocycles. The number of allylic oxidation sites excluding steroid dienone is 1. The highest BCUT2D eigenvalue weighted by Gasteiger charge is 2.34. The number of nitrogens with two attached hydrogens (primary N) is 1. The maximum Gasteiger partial charge on any atom is 0.125 e. The first-order chi connectivity index (χ1) is 13.6. The summed E-state index contributed by atoms with van der Waals surface area (Å²) in [4.78, 5) is 11.9. The zero-order chi connectivity index (χ0) is 19.5. The molecular weight excluding hydrogens is 348 g/mol. The van der Waals surface area contributed by atoms with Crippen LogP contribution in [0.3, 0.4) is 0 Å². The number of nitrogens with zero attached hydrogens (tertiary/aromatic N) is 3. The van der Waals surface area contributed by atoms with Crippen molar-refractivity contribution >= 4 is 11.9 Å². The molecule has 28 heavy (non-hydrogen) atoms. The second-order valence-corrected chi connectivity index (χ2v) is 7.72. The number of aliphatic imine (C=N–C) groups is 1. The molecule has 1 aromatic heterocycles. The molecule has 0 amide bonds. The average Bonchev–Trinajstić information content (AvgIpc) is 3.23. The molecule has 5 heteroatoms. The molecule has 1 saturated heterocycles. The summed E-state index contributed by atoms with van der Waals surface area (Å²) < 4.78 is 5.69. The van der Waals surface area contributed by atoms with Crippen molar-refractivity contribution in [1.82, 2.24) is 9.88 Å². The van der Waals surface area contributed by atoms with Gasteiger partial charge >= 0.3 is 0 Å². The van der Waals surface area contributed by atoms with Crippen LogP contribution in [0.15, 0.2) is 53.5 Å². The summed E-state index contributed by atoms with van der Waals surface area (Å²) in [6, 6.07) is 12.8. The standard InChI is InChI=1S/C23H28N4O/c1-16-5-3-6-19(26-16)15-27-12-10-17(21-7-4-11-25-21)13-22(27)20-9-8-18(24)14-23(20)28-2/h3-9,11,14,17,21-22H,10,12-13,15,24H2,1-2H3. The molecule has 2 aliphatic rings. The van der Waals surface area contributed by atoms with Crippen molar-refractivity contribution < 1.29 is 4.74 Å². The Labute approximate surface area is 166 Å². The van der Waals surface area contributed by atoms with Crippen LogP contribution in [-0.2, 0) is 6.54 Å². The van der Waals surface area contributed by atoms with Gasteiger partial charge < -0.3 is 10.5 Å². The molecule has 0 saturated carbocycles. The SMILES string of the molecule is COc1cc(N)ccc1C1CC(C2C=CC=N2)CCN1Cc1cccc(C)n1. The number of rotatable bonds is 5. The molecule has 0 spiro atoms. The number of piperidine rings is 1. The molecule has 4 rings (SSSR count). The number of ether oxygens (including phenoxy) is 1. The Balaban J connectivity index is 1.64. The van der Waals surface area contributed by atoms with Gasteiger partial charge in [0.1, 0.15) is 5.75 Å². The zero-order valence-electron chi connectivity index (χ0n) is 16.6. The molecule has 3 heterocycles. The van der Waals surface area contributed by atoms with Crippen molar-refractivity contribution in [2.24, 2.45) is 10.9 Å². The summed E-state index contributed by atoms with van der Waals surface area (Å²) in [5.74, 6) is 1.39. The minimum atomic E-state index is 0.251.